The maximum Gasteiger partial charge on any atom is 0.317 e. The van der Waals surface area contributed by atoms with Crippen LogP contribution < -0.4 is 10.2 Å². The number of anilines is 1. The molecule has 1 aromatic rings. The first-order valence-electron chi connectivity index (χ1n) is 8.53. The van der Waals surface area contributed by atoms with Crippen molar-refractivity contribution in [3.63, 3.8) is 0 Å². The fourth-order valence-electron chi connectivity index (χ4n) is 3.00. The van der Waals surface area contributed by atoms with Crippen molar-refractivity contribution in [3.8, 4) is 0 Å². The van der Waals surface area contributed by atoms with Crippen molar-refractivity contribution in [1.82, 2.24) is 15.2 Å². The van der Waals surface area contributed by atoms with Gasteiger partial charge in [0, 0.05) is 50.4 Å². The topological polar surface area (TPSA) is 48.5 Å². The lowest BCUT2D eigenvalue weighted by Gasteiger charge is -2.31. The molecule has 6 heteroatoms. The molecule has 0 spiro atoms. The summed E-state index contributed by atoms with van der Waals surface area (Å²) in [6.07, 6.45) is 4.38. The third-order valence-electron chi connectivity index (χ3n) is 4.66. The maximum absolute atomic E-state index is 12.1. The second-order valence-corrected chi connectivity index (χ2v) is 7.68. The van der Waals surface area contributed by atoms with Crippen molar-refractivity contribution < 1.29 is 4.79 Å². The van der Waals surface area contributed by atoms with Gasteiger partial charge in [0.25, 0.3) is 0 Å². The Morgan fingerprint density at radius 3 is 2.65 bits per heavy atom. The zero-order valence-corrected chi connectivity index (χ0v) is 14.6. The lowest BCUT2D eigenvalue weighted by atomic mass is 9.99. The van der Waals surface area contributed by atoms with Crippen LogP contribution in [0.25, 0.3) is 0 Å². The molecule has 0 aromatic carbocycles. The zero-order valence-electron chi connectivity index (χ0n) is 13.8. The van der Waals surface area contributed by atoms with Crippen LogP contribution in [0.4, 0.5) is 10.6 Å². The molecule has 0 atom stereocenters. The number of carbonyl (C=O) groups is 1. The zero-order chi connectivity index (χ0) is 16.1. The molecular weight excluding hydrogens is 308 g/mol. The summed E-state index contributed by atoms with van der Waals surface area (Å²) < 4.78 is 0. The van der Waals surface area contributed by atoms with Crippen molar-refractivity contribution in [3.05, 3.63) is 23.9 Å². The van der Waals surface area contributed by atoms with Gasteiger partial charge in [-0.15, -0.1) is 0 Å². The number of thioether (sulfide) groups is 1. The van der Waals surface area contributed by atoms with E-state index in [1.165, 1.54) is 12.8 Å². The molecule has 2 saturated heterocycles. The third-order valence-corrected chi connectivity index (χ3v) is 5.60. The summed E-state index contributed by atoms with van der Waals surface area (Å²) in [6.45, 7) is 6.75. The number of carbonyl (C=O) groups excluding carboxylic acids is 1. The van der Waals surface area contributed by atoms with Crippen molar-refractivity contribution >= 4 is 23.6 Å². The normalized spacial score (nSPS) is 19.7. The number of hydrogen-bond acceptors (Lipinski definition) is 4. The summed E-state index contributed by atoms with van der Waals surface area (Å²) in [5.74, 6) is 3.96. The number of urea groups is 1. The molecule has 3 rings (SSSR count). The highest BCUT2D eigenvalue weighted by molar-refractivity contribution is 7.99. The first-order chi connectivity index (χ1) is 11.2. The molecule has 5 nitrogen and oxygen atoms in total. The Hall–Kier alpha value is -1.43. The van der Waals surface area contributed by atoms with Crippen molar-refractivity contribution in [2.24, 2.45) is 5.92 Å². The van der Waals surface area contributed by atoms with E-state index in [1.807, 2.05) is 22.9 Å². The van der Waals surface area contributed by atoms with Gasteiger partial charge in [-0.25, -0.2) is 9.78 Å². The summed E-state index contributed by atoms with van der Waals surface area (Å²) in [4.78, 5) is 20.9. The van der Waals surface area contributed by atoms with Crippen LogP contribution in [0.5, 0.6) is 0 Å². The highest BCUT2D eigenvalue weighted by atomic mass is 32.2. The van der Waals surface area contributed by atoms with Gasteiger partial charge in [-0.1, -0.05) is 13.0 Å². The largest absolute Gasteiger partial charge is 0.357 e. The van der Waals surface area contributed by atoms with E-state index in [-0.39, 0.29) is 6.03 Å². The Labute approximate surface area is 142 Å². The van der Waals surface area contributed by atoms with E-state index in [0.717, 1.165) is 55.0 Å². The summed E-state index contributed by atoms with van der Waals surface area (Å²) in [7, 11) is 0. The standard InChI is InChI=1S/C17H26N4OS/c1-14-4-6-20(7-5-14)16-3-2-15(12-18-16)13-19-17(22)21-8-10-23-11-9-21/h2-3,12,14H,4-11,13H2,1H3,(H,19,22). The van der Waals surface area contributed by atoms with Crippen LogP contribution in [0.1, 0.15) is 25.3 Å². The molecule has 0 aliphatic carbocycles. The van der Waals surface area contributed by atoms with Crippen LogP contribution in [0.2, 0.25) is 0 Å². The van der Waals surface area contributed by atoms with Gasteiger partial charge in [0.2, 0.25) is 0 Å². The fraction of sp³-hybridized carbons (Fsp3) is 0.647. The van der Waals surface area contributed by atoms with E-state index in [0.29, 0.717) is 6.54 Å². The van der Waals surface area contributed by atoms with Gasteiger partial charge < -0.3 is 15.1 Å². The molecule has 1 aromatic heterocycles. The lowest BCUT2D eigenvalue weighted by Crippen LogP contribution is -2.44. The Bertz CT molecular complexity index is 508. The first kappa shape index (κ1) is 16.4. The van der Waals surface area contributed by atoms with Gasteiger partial charge in [-0.05, 0) is 30.4 Å². The number of hydrogen-bond donors (Lipinski definition) is 1. The summed E-state index contributed by atoms with van der Waals surface area (Å²) >= 11 is 1.91. The van der Waals surface area contributed by atoms with Crippen molar-refractivity contribution in [1.29, 1.82) is 0 Å². The Morgan fingerprint density at radius 2 is 2.00 bits per heavy atom. The van der Waals surface area contributed by atoms with E-state index < -0.39 is 0 Å². The van der Waals surface area contributed by atoms with Crippen molar-refractivity contribution in [2.75, 3.05) is 42.6 Å². The summed E-state index contributed by atoms with van der Waals surface area (Å²) in [5.41, 5.74) is 1.05. The molecule has 0 unspecified atom stereocenters. The molecule has 23 heavy (non-hydrogen) atoms. The molecular formula is C17H26N4OS. The van der Waals surface area contributed by atoms with Gasteiger partial charge in [0.05, 0.1) is 0 Å². The molecule has 2 aliphatic heterocycles. The Morgan fingerprint density at radius 1 is 1.26 bits per heavy atom. The van der Waals surface area contributed by atoms with E-state index in [9.17, 15) is 4.79 Å². The molecule has 1 N–H and O–H groups in total. The minimum Gasteiger partial charge on any atom is -0.357 e. The molecule has 2 fully saturated rings. The average molecular weight is 334 g/mol. The number of rotatable bonds is 3. The van der Waals surface area contributed by atoms with E-state index in [4.69, 9.17) is 0 Å². The second-order valence-electron chi connectivity index (χ2n) is 6.45. The van der Waals surface area contributed by atoms with Crippen molar-refractivity contribution in [2.45, 2.75) is 26.3 Å². The minimum atomic E-state index is 0.0411. The highest BCUT2D eigenvalue weighted by Gasteiger charge is 2.18. The number of amides is 2. The smallest absolute Gasteiger partial charge is 0.317 e. The molecule has 0 saturated carbocycles. The monoisotopic (exact) mass is 334 g/mol. The minimum absolute atomic E-state index is 0.0411. The number of nitrogens with zero attached hydrogens (tertiary/aromatic N) is 3. The van der Waals surface area contributed by atoms with Gasteiger partial charge >= 0.3 is 6.03 Å². The van der Waals surface area contributed by atoms with Gasteiger partial charge in [-0.2, -0.15) is 11.8 Å². The number of pyridine rings is 1. The van der Waals surface area contributed by atoms with E-state index in [1.54, 1.807) is 0 Å². The number of piperidine rings is 1. The molecule has 0 radical (unpaired) electrons. The van der Waals surface area contributed by atoms with Crippen LogP contribution in [0, 0.1) is 5.92 Å². The second kappa shape index (κ2) is 7.90. The first-order valence-corrected chi connectivity index (χ1v) is 9.68. The highest BCUT2D eigenvalue weighted by Crippen LogP contribution is 2.21. The van der Waals surface area contributed by atoms with Crippen LogP contribution in [0.15, 0.2) is 18.3 Å². The maximum atomic E-state index is 12.1. The molecule has 126 valence electrons. The van der Waals surface area contributed by atoms with Crippen LogP contribution in [-0.4, -0.2) is 53.6 Å². The molecule has 0 bridgehead atoms. The van der Waals surface area contributed by atoms with Crippen LogP contribution in [0.3, 0.4) is 0 Å². The van der Waals surface area contributed by atoms with Crippen LogP contribution >= 0.6 is 11.8 Å². The fourth-order valence-corrected chi connectivity index (χ4v) is 3.91. The predicted octanol–water partition coefficient (Wildman–Crippen LogP) is 2.58. The summed E-state index contributed by atoms with van der Waals surface area (Å²) in [6, 6.07) is 4.20. The van der Waals surface area contributed by atoms with Gasteiger partial charge in [0.15, 0.2) is 0 Å². The molecule has 2 aliphatic rings. The molecule has 3 heterocycles. The quantitative estimate of drug-likeness (QED) is 0.923. The molecule has 2 amide bonds. The van der Waals surface area contributed by atoms with E-state index in [2.05, 4.69) is 34.3 Å². The number of aromatic nitrogens is 1. The Kier molecular flexibility index (Phi) is 5.65. The Balaban J connectivity index is 1.48. The SMILES string of the molecule is CC1CCN(c2ccc(CNC(=O)N3CCSCC3)cn2)CC1. The van der Waals surface area contributed by atoms with Gasteiger partial charge in [-0.3, -0.25) is 0 Å². The third kappa shape index (κ3) is 4.53. The average Bonchev–Trinajstić information content (AvgIpc) is 2.61. The number of nitrogens with one attached hydrogen (secondary N) is 1. The predicted molar refractivity (Wildman–Crippen MR) is 96.0 cm³/mol. The summed E-state index contributed by atoms with van der Waals surface area (Å²) in [5, 5.41) is 3.00. The van der Waals surface area contributed by atoms with Gasteiger partial charge in [0.1, 0.15) is 5.82 Å². The van der Waals surface area contributed by atoms with E-state index >= 15 is 0 Å². The lowest BCUT2D eigenvalue weighted by molar-refractivity contribution is 0.202. The van der Waals surface area contributed by atoms with Crippen LogP contribution in [-0.2, 0) is 6.54 Å².